The smallest absolute Gasteiger partial charge is 0.122 e. The minimum absolute atomic E-state index is 0.255. The molecule has 194 valence electrons. The first-order chi connectivity index (χ1) is 16.5. The Hall–Kier alpha value is -2.48. The van der Waals surface area contributed by atoms with Crippen LogP contribution in [-0.4, -0.2) is 10.2 Å². The molecule has 2 heteroatoms. The van der Waals surface area contributed by atoms with Crippen molar-refractivity contribution in [1.29, 1.82) is 0 Å². The molecule has 0 radical (unpaired) electrons. The molecular weight excluding hydrogens is 428 g/mol. The molecule has 2 N–H and O–H groups in total. The molecular formula is C33H50O2. The zero-order valence-corrected chi connectivity index (χ0v) is 23.7. The lowest BCUT2D eigenvalue weighted by molar-refractivity contribution is 0.448. The average molecular weight is 479 g/mol. The summed E-state index contributed by atoms with van der Waals surface area (Å²) in [6, 6.07) is 1.68. The summed E-state index contributed by atoms with van der Waals surface area (Å²) in [5, 5.41) is 20.4. The summed E-state index contributed by atoms with van der Waals surface area (Å²) in [4.78, 5) is 0. The highest BCUT2D eigenvalue weighted by atomic mass is 16.3. The number of phenolic OH excluding ortho intramolecular Hbond substituents is 2. The first-order valence-electron chi connectivity index (χ1n) is 13.3. The van der Waals surface area contributed by atoms with Gasteiger partial charge in [-0.25, -0.2) is 0 Å². The third-order valence-corrected chi connectivity index (χ3v) is 6.77. The highest BCUT2D eigenvalue weighted by molar-refractivity contribution is 5.51. The van der Waals surface area contributed by atoms with Crippen molar-refractivity contribution in [3.63, 3.8) is 0 Å². The Morgan fingerprint density at radius 2 is 1.00 bits per heavy atom. The van der Waals surface area contributed by atoms with Gasteiger partial charge in [0.2, 0.25) is 0 Å². The van der Waals surface area contributed by atoms with Crippen molar-refractivity contribution in [1.82, 2.24) is 0 Å². The lowest BCUT2D eigenvalue weighted by atomic mass is 9.99. The molecule has 0 atom stereocenters. The molecule has 0 aliphatic heterocycles. The Morgan fingerprint density at radius 3 is 1.43 bits per heavy atom. The normalized spacial score (nSPS) is 13.4. The van der Waals surface area contributed by atoms with E-state index in [0.717, 1.165) is 61.6 Å². The Labute approximate surface area is 215 Å². The van der Waals surface area contributed by atoms with E-state index in [2.05, 4.69) is 71.9 Å². The van der Waals surface area contributed by atoms with Crippen LogP contribution in [-0.2, 0) is 6.42 Å². The molecule has 0 saturated heterocycles. The molecule has 1 rings (SSSR count). The van der Waals surface area contributed by atoms with Gasteiger partial charge in [0, 0.05) is 5.56 Å². The van der Waals surface area contributed by atoms with Gasteiger partial charge in [-0.1, -0.05) is 58.2 Å². The van der Waals surface area contributed by atoms with E-state index in [1.807, 2.05) is 13.8 Å². The lowest BCUT2D eigenvalue weighted by Gasteiger charge is -2.10. The molecule has 0 bridgehead atoms. The molecule has 35 heavy (non-hydrogen) atoms. The molecule has 0 heterocycles. The molecule has 1 aromatic carbocycles. The van der Waals surface area contributed by atoms with E-state index in [1.54, 1.807) is 6.07 Å². The first-order valence-corrected chi connectivity index (χ1v) is 13.3. The van der Waals surface area contributed by atoms with Gasteiger partial charge >= 0.3 is 0 Å². The molecule has 2 nitrogen and oxygen atoms in total. The fourth-order valence-corrected chi connectivity index (χ4v) is 4.03. The molecule has 0 aliphatic carbocycles. The lowest BCUT2D eigenvalue weighted by Crippen LogP contribution is -1.91. The molecule has 0 aromatic heterocycles. The molecule has 0 spiro atoms. The van der Waals surface area contributed by atoms with Crippen LogP contribution in [0.1, 0.15) is 110 Å². The predicted octanol–water partition coefficient (Wildman–Crippen LogP) is 10.1. The Bertz CT molecular complexity index is 963. The summed E-state index contributed by atoms with van der Waals surface area (Å²) in [6.07, 6.45) is 21.2. The molecule has 0 unspecified atom stereocenters. The molecule has 0 saturated carbocycles. The van der Waals surface area contributed by atoms with Gasteiger partial charge in [0.25, 0.3) is 0 Å². The third kappa shape index (κ3) is 12.7. The van der Waals surface area contributed by atoms with Crippen molar-refractivity contribution >= 4 is 0 Å². The monoisotopic (exact) mass is 478 g/mol. The van der Waals surface area contributed by atoms with Gasteiger partial charge in [-0.15, -0.1) is 0 Å². The number of aromatic hydroxyl groups is 2. The number of phenols is 2. The maximum Gasteiger partial charge on any atom is 0.122 e. The second kappa shape index (κ2) is 16.2. The second-order valence-electron chi connectivity index (χ2n) is 10.5. The zero-order chi connectivity index (χ0) is 26.4. The minimum atomic E-state index is 0.255. The van der Waals surface area contributed by atoms with E-state index in [0.29, 0.717) is 12.2 Å². The van der Waals surface area contributed by atoms with Gasteiger partial charge in [0.1, 0.15) is 11.5 Å². The number of rotatable bonds is 14. The standard InChI is InChI=1S/C33H50O2/c1-24(2)13-9-14-25(3)15-10-16-26(4)17-11-18-27(5)19-12-20-28(6)21-22-31-23-32(34)29(7)30(8)33(31)35/h13,15,17,19,21,23,34-35H,9-12,14,16,18,20,22H2,1-8H3/b25-15+,26-17+,27-19+,28-21+. The maximum absolute atomic E-state index is 10.3. The fraction of sp³-hybridized carbons (Fsp3) is 0.515. The number of benzene rings is 1. The second-order valence-corrected chi connectivity index (χ2v) is 10.5. The summed E-state index contributed by atoms with van der Waals surface area (Å²) < 4.78 is 0. The van der Waals surface area contributed by atoms with E-state index < -0.39 is 0 Å². The third-order valence-electron chi connectivity index (χ3n) is 6.77. The molecule has 0 amide bonds. The van der Waals surface area contributed by atoms with Crippen LogP contribution in [0.2, 0.25) is 0 Å². The van der Waals surface area contributed by atoms with Gasteiger partial charge < -0.3 is 10.2 Å². The van der Waals surface area contributed by atoms with E-state index in [9.17, 15) is 10.2 Å². The number of hydrogen-bond donors (Lipinski definition) is 2. The minimum Gasteiger partial charge on any atom is -0.508 e. The molecule has 0 aliphatic rings. The summed E-state index contributed by atoms with van der Waals surface area (Å²) in [6.45, 7) is 16.9. The van der Waals surface area contributed by atoms with Crippen LogP contribution in [0.5, 0.6) is 11.5 Å². The van der Waals surface area contributed by atoms with Crippen LogP contribution in [0.4, 0.5) is 0 Å². The summed E-state index contributed by atoms with van der Waals surface area (Å²) in [5.41, 5.74) is 9.45. The van der Waals surface area contributed by atoms with E-state index in [-0.39, 0.29) is 5.75 Å². The van der Waals surface area contributed by atoms with E-state index in [1.165, 1.54) is 34.3 Å². The van der Waals surface area contributed by atoms with E-state index >= 15 is 0 Å². The summed E-state index contributed by atoms with van der Waals surface area (Å²) in [5.74, 6) is 0.556. The van der Waals surface area contributed by atoms with Crippen molar-refractivity contribution in [3.05, 3.63) is 81.0 Å². The Balaban J connectivity index is 2.38. The highest BCUT2D eigenvalue weighted by Gasteiger charge is 2.10. The Kier molecular flexibility index (Phi) is 14.2. The van der Waals surface area contributed by atoms with E-state index in [4.69, 9.17) is 0 Å². The largest absolute Gasteiger partial charge is 0.508 e. The van der Waals surface area contributed by atoms with Crippen molar-refractivity contribution in [2.75, 3.05) is 0 Å². The van der Waals surface area contributed by atoms with Crippen LogP contribution >= 0.6 is 0 Å². The van der Waals surface area contributed by atoms with Crippen LogP contribution in [0.3, 0.4) is 0 Å². The van der Waals surface area contributed by atoms with Gasteiger partial charge in [-0.2, -0.15) is 0 Å². The average Bonchev–Trinajstić information content (AvgIpc) is 2.79. The van der Waals surface area contributed by atoms with Gasteiger partial charge in [-0.3, -0.25) is 0 Å². The summed E-state index contributed by atoms with van der Waals surface area (Å²) >= 11 is 0. The van der Waals surface area contributed by atoms with Crippen molar-refractivity contribution in [2.45, 2.75) is 113 Å². The topological polar surface area (TPSA) is 40.5 Å². The predicted molar refractivity (Wildman–Crippen MR) is 154 cm³/mol. The van der Waals surface area contributed by atoms with Crippen LogP contribution in [0, 0.1) is 13.8 Å². The maximum atomic E-state index is 10.3. The van der Waals surface area contributed by atoms with Gasteiger partial charge in [0.05, 0.1) is 0 Å². The van der Waals surface area contributed by atoms with Crippen molar-refractivity contribution < 1.29 is 10.2 Å². The molecule has 1 aromatic rings. The highest BCUT2D eigenvalue weighted by Crippen LogP contribution is 2.32. The van der Waals surface area contributed by atoms with Gasteiger partial charge in [0.15, 0.2) is 0 Å². The fourth-order valence-electron chi connectivity index (χ4n) is 4.03. The number of allylic oxidation sites excluding steroid dienone is 10. The number of hydrogen-bond acceptors (Lipinski definition) is 2. The first kappa shape index (κ1) is 30.6. The quantitative estimate of drug-likeness (QED) is 0.206. The van der Waals surface area contributed by atoms with Crippen LogP contribution < -0.4 is 0 Å². The zero-order valence-electron chi connectivity index (χ0n) is 23.7. The van der Waals surface area contributed by atoms with Crippen molar-refractivity contribution in [2.24, 2.45) is 0 Å². The van der Waals surface area contributed by atoms with Crippen molar-refractivity contribution in [3.8, 4) is 11.5 Å². The molecule has 0 fully saturated rings. The summed E-state index contributed by atoms with van der Waals surface area (Å²) in [7, 11) is 0. The SMILES string of the molecule is CC(C)=CCC/C(C)=C/CC/C(C)=C/CC/C(C)=C/CC/C(C)=C/Cc1cc(O)c(C)c(C)c1O. The Morgan fingerprint density at radius 1 is 0.600 bits per heavy atom. The van der Waals surface area contributed by atoms with Crippen LogP contribution in [0.25, 0.3) is 0 Å². The van der Waals surface area contributed by atoms with Gasteiger partial charge in [-0.05, 0) is 130 Å². The van der Waals surface area contributed by atoms with Crippen LogP contribution in [0.15, 0.2) is 64.3 Å².